The monoisotopic (exact) mass is 253 g/mol. The van der Waals surface area contributed by atoms with E-state index in [2.05, 4.69) is 11.1 Å². The van der Waals surface area contributed by atoms with E-state index in [1.165, 1.54) is 6.07 Å². The molecule has 2 aromatic rings. The maximum atomic E-state index is 11.5. The lowest BCUT2D eigenvalue weighted by Gasteiger charge is -2.01. The van der Waals surface area contributed by atoms with Gasteiger partial charge in [-0.15, -0.1) is 0 Å². The summed E-state index contributed by atoms with van der Waals surface area (Å²) in [4.78, 5) is 0.136. The molecule has 0 amide bonds. The van der Waals surface area contributed by atoms with Crippen LogP contribution in [-0.2, 0) is 10.0 Å². The topological polar surface area (TPSA) is 46.5 Å². The fourth-order valence-corrected chi connectivity index (χ4v) is 2.28. The Kier molecular flexibility index (Phi) is 2.69. The zero-order chi connectivity index (χ0) is 11.8. The minimum atomic E-state index is -3.62. The molecule has 0 aliphatic carbocycles. The van der Waals surface area contributed by atoms with Gasteiger partial charge < -0.3 is 0 Å². The molecule has 3 nitrogen and oxygen atoms in total. The molecule has 0 aliphatic rings. The molecule has 0 spiro atoms. The standard InChI is InChI=1S/C11H8ClNO2S/c1-13-16(14,15)11-5-3-8-6-10(12)4-2-9(8)7-11/h2-7H,1H2. The van der Waals surface area contributed by atoms with Gasteiger partial charge in [0.1, 0.15) is 0 Å². The average molecular weight is 254 g/mol. The van der Waals surface area contributed by atoms with Gasteiger partial charge in [0.05, 0.1) is 4.90 Å². The van der Waals surface area contributed by atoms with Crippen molar-refractivity contribution in [3.8, 4) is 0 Å². The van der Waals surface area contributed by atoms with Crippen LogP contribution in [0.1, 0.15) is 0 Å². The summed E-state index contributed by atoms with van der Waals surface area (Å²) >= 11 is 5.83. The summed E-state index contributed by atoms with van der Waals surface area (Å²) in [5.74, 6) is 0. The van der Waals surface area contributed by atoms with E-state index >= 15 is 0 Å². The second-order valence-electron chi connectivity index (χ2n) is 3.26. The van der Waals surface area contributed by atoms with Crippen LogP contribution in [0.15, 0.2) is 45.7 Å². The number of hydrogen-bond donors (Lipinski definition) is 0. The van der Waals surface area contributed by atoms with E-state index in [4.69, 9.17) is 11.6 Å². The number of benzene rings is 2. The Morgan fingerprint density at radius 1 is 1.06 bits per heavy atom. The third kappa shape index (κ3) is 1.94. The molecule has 0 unspecified atom stereocenters. The van der Waals surface area contributed by atoms with Crippen molar-refractivity contribution >= 4 is 39.1 Å². The lowest BCUT2D eigenvalue weighted by molar-refractivity contribution is 0.598. The Hall–Kier alpha value is -1.39. The number of rotatable bonds is 2. The highest BCUT2D eigenvalue weighted by molar-refractivity contribution is 7.90. The molecular weight excluding hydrogens is 246 g/mol. The van der Waals surface area contributed by atoms with Crippen LogP contribution in [0.5, 0.6) is 0 Å². The SMILES string of the molecule is C=NS(=O)(=O)c1ccc2cc(Cl)ccc2c1. The molecular formula is C11H8ClNO2S. The summed E-state index contributed by atoms with van der Waals surface area (Å²) in [6.45, 7) is 3.04. The number of sulfonamides is 1. The van der Waals surface area contributed by atoms with Crippen molar-refractivity contribution < 1.29 is 8.42 Å². The molecule has 82 valence electrons. The predicted molar refractivity (Wildman–Crippen MR) is 65.7 cm³/mol. The molecule has 0 saturated heterocycles. The lowest BCUT2D eigenvalue weighted by Crippen LogP contribution is -1.95. The van der Waals surface area contributed by atoms with Crippen LogP contribution in [-0.4, -0.2) is 15.1 Å². The Bertz CT molecular complexity index is 665. The van der Waals surface area contributed by atoms with Gasteiger partial charge >= 0.3 is 0 Å². The molecule has 0 atom stereocenters. The molecule has 16 heavy (non-hydrogen) atoms. The second kappa shape index (κ2) is 3.88. The van der Waals surface area contributed by atoms with Gasteiger partial charge in [-0.25, -0.2) is 0 Å². The second-order valence-corrected chi connectivity index (χ2v) is 5.37. The van der Waals surface area contributed by atoms with Crippen molar-refractivity contribution in [3.05, 3.63) is 41.4 Å². The summed E-state index contributed by atoms with van der Waals surface area (Å²) in [6, 6.07) is 9.98. The van der Waals surface area contributed by atoms with Crippen molar-refractivity contribution in [3.63, 3.8) is 0 Å². The highest BCUT2D eigenvalue weighted by atomic mass is 35.5. The summed E-state index contributed by atoms with van der Waals surface area (Å²) in [5, 5.41) is 2.30. The molecule has 0 heterocycles. The minimum absolute atomic E-state index is 0.136. The van der Waals surface area contributed by atoms with Crippen LogP contribution in [0, 0.1) is 0 Å². The zero-order valence-corrected chi connectivity index (χ0v) is 9.79. The fraction of sp³-hybridized carbons (Fsp3) is 0. The van der Waals surface area contributed by atoms with E-state index in [1.807, 2.05) is 0 Å². The molecule has 0 saturated carbocycles. The van der Waals surface area contributed by atoms with Crippen LogP contribution in [0.25, 0.3) is 10.8 Å². The molecule has 0 fully saturated rings. The molecule has 0 radical (unpaired) electrons. The highest BCUT2D eigenvalue weighted by Crippen LogP contribution is 2.23. The van der Waals surface area contributed by atoms with Gasteiger partial charge in [0.15, 0.2) is 0 Å². The van der Waals surface area contributed by atoms with E-state index in [0.29, 0.717) is 5.02 Å². The first-order chi connectivity index (χ1) is 7.53. The summed E-state index contributed by atoms with van der Waals surface area (Å²) in [7, 11) is -3.62. The van der Waals surface area contributed by atoms with Gasteiger partial charge in [0.2, 0.25) is 0 Å². The summed E-state index contributed by atoms with van der Waals surface area (Å²) < 4.78 is 26.0. The number of nitrogens with zero attached hydrogens (tertiary/aromatic N) is 1. The van der Waals surface area contributed by atoms with Crippen molar-refractivity contribution in [2.45, 2.75) is 4.90 Å². The molecule has 2 aromatic carbocycles. The van der Waals surface area contributed by atoms with Gasteiger partial charge in [0, 0.05) is 11.7 Å². The van der Waals surface area contributed by atoms with Crippen molar-refractivity contribution in [2.75, 3.05) is 0 Å². The largest absolute Gasteiger partial charge is 0.281 e. The first kappa shape index (κ1) is 11.1. The molecule has 0 aliphatic heterocycles. The normalized spacial score (nSPS) is 11.6. The quantitative estimate of drug-likeness (QED) is 0.773. The van der Waals surface area contributed by atoms with E-state index in [-0.39, 0.29) is 4.90 Å². The Morgan fingerprint density at radius 2 is 1.69 bits per heavy atom. The number of fused-ring (bicyclic) bond motifs is 1. The van der Waals surface area contributed by atoms with Gasteiger partial charge in [-0.1, -0.05) is 23.7 Å². The zero-order valence-electron chi connectivity index (χ0n) is 8.22. The van der Waals surface area contributed by atoms with E-state index in [1.54, 1.807) is 30.3 Å². The average Bonchev–Trinajstić information content (AvgIpc) is 2.28. The van der Waals surface area contributed by atoms with E-state index in [0.717, 1.165) is 10.8 Å². The van der Waals surface area contributed by atoms with Gasteiger partial charge in [-0.05, 0) is 35.0 Å². The van der Waals surface area contributed by atoms with E-state index in [9.17, 15) is 8.42 Å². The predicted octanol–water partition coefficient (Wildman–Crippen LogP) is 2.88. The smallest absolute Gasteiger partial charge is 0.199 e. The van der Waals surface area contributed by atoms with Crippen LogP contribution in [0.3, 0.4) is 0 Å². The van der Waals surface area contributed by atoms with Gasteiger partial charge in [-0.2, -0.15) is 12.8 Å². The summed E-state index contributed by atoms with van der Waals surface area (Å²) in [6.07, 6.45) is 0. The minimum Gasteiger partial charge on any atom is -0.199 e. The summed E-state index contributed by atoms with van der Waals surface area (Å²) in [5.41, 5.74) is 0. The molecule has 0 aromatic heterocycles. The van der Waals surface area contributed by atoms with Crippen molar-refractivity contribution in [2.24, 2.45) is 4.40 Å². The van der Waals surface area contributed by atoms with Crippen LogP contribution < -0.4 is 0 Å². The lowest BCUT2D eigenvalue weighted by atomic mass is 10.1. The number of halogens is 1. The third-order valence-electron chi connectivity index (χ3n) is 2.24. The fourth-order valence-electron chi connectivity index (χ4n) is 1.43. The Labute approximate surface area is 98.4 Å². The number of hydrogen-bond acceptors (Lipinski definition) is 2. The van der Waals surface area contributed by atoms with Crippen LogP contribution in [0.4, 0.5) is 0 Å². The first-order valence-corrected chi connectivity index (χ1v) is 6.27. The first-order valence-electron chi connectivity index (χ1n) is 4.45. The Morgan fingerprint density at radius 3 is 2.38 bits per heavy atom. The van der Waals surface area contributed by atoms with Crippen molar-refractivity contribution in [1.82, 2.24) is 0 Å². The molecule has 0 bridgehead atoms. The maximum absolute atomic E-state index is 11.5. The van der Waals surface area contributed by atoms with Crippen molar-refractivity contribution in [1.29, 1.82) is 0 Å². The molecule has 2 rings (SSSR count). The van der Waals surface area contributed by atoms with Crippen LogP contribution in [0.2, 0.25) is 5.02 Å². The third-order valence-corrected chi connectivity index (χ3v) is 3.67. The highest BCUT2D eigenvalue weighted by Gasteiger charge is 2.10. The van der Waals surface area contributed by atoms with E-state index < -0.39 is 10.0 Å². The van der Waals surface area contributed by atoms with Gasteiger partial charge in [0.25, 0.3) is 10.0 Å². The maximum Gasteiger partial charge on any atom is 0.281 e. The molecule has 5 heteroatoms. The van der Waals surface area contributed by atoms with Crippen LogP contribution >= 0.6 is 11.6 Å². The molecule has 0 N–H and O–H groups in total. The Balaban J connectivity index is 2.70. The van der Waals surface area contributed by atoms with Gasteiger partial charge in [-0.3, -0.25) is 0 Å².